The lowest BCUT2D eigenvalue weighted by molar-refractivity contribution is 0.173. The van der Waals surface area contributed by atoms with Crippen LogP contribution in [0.2, 0.25) is 0 Å². The molecule has 0 amide bonds. The lowest BCUT2D eigenvalue weighted by Crippen LogP contribution is -2.18. The van der Waals surface area contributed by atoms with Crippen molar-refractivity contribution in [3.63, 3.8) is 0 Å². The van der Waals surface area contributed by atoms with Crippen molar-refractivity contribution in [1.82, 2.24) is 0 Å². The third kappa shape index (κ3) is 3.79. The fraction of sp³-hybridized carbons (Fsp3) is 1.00. The van der Waals surface area contributed by atoms with E-state index in [0.29, 0.717) is 5.41 Å². The van der Waals surface area contributed by atoms with E-state index in [4.69, 9.17) is 0 Å². The zero-order valence-corrected chi connectivity index (χ0v) is 11.1. The Labute approximate surface area is 95.3 Å². The van der Waals surface area contributed by atoms with Gasteiger partial charge in [-0.15, -0.1) is 0 Å². The SMILES string of the molecule is CC1CC(O)CC1CCC(C)C(C)(C)C. The fourth-order valence-electron chi connectivity index (χ4n) is 2.60. The van der Waals surface area contributed by atoms with Crippen molar-refractivity contribution in [2.45, 2.75) is 66.4 Å². The first-order chi connectivity index (χ1) is 6.80. The number of hydrogen-bond donors (Lipinski definition) is 1. The van der Waals surface area contributed by atoms with Gasteiger partial charge < -0.3 is 5.11 Å². The Morgan fingerprint density at radius 2 is 1.87 bits per heavy atom. The second-order valence-corrected chi connectivity index (χ2v) is 6.71. The van der Waals surface area contributed by atoms with Crippen LogP contribution >= 0.6 is 0 Å². The first-order valence-corrected chi connectivity index (χ1v) is 6.48. The molecule has 0 aliphatic heterocycles. The van der Waals surface area contributed by atoms with Crippen molar-refractivity contribution in [2.75, 3.05) is 0 Å². The molecular weight excluding hydrogens is 184 g/mol. The molecule has 1 aliphatic rings. The quantitative estimate of drug-likeness (QED) is 0.753. The summed E-state index contributed by atoms with van der Waals surface area (Å²) in [6.07, 6.45) is 4.66. The maximum Gasteiger partial charge on any atom is 0.0545 e. The van der Waals surface area contributed by atoms with Crippen molar-refractivity contribution in [3.05, 3.63) is 0 Å². The zero-order valence-electron chi connectivity index (χ0n) is 11.1. The van der Waals surface area contributed by atoms with E-state index in [9.17, 15) is 5.11 Å². The van der Waals surface area contributed by atoms with Gasteiger partial charge in [0.15, 0.2) is 0 Å². The fourth-order valence-corrected chi connectivity index (χ4v) is 2.60. The van der Waals surface area contributed by atoms with Crippen molar-refractivity contribution in [3.8, 4) is 0 Å². The largest absolute Gasteiger partial charge is 0.393 e. The van der Waals surface area contributed by atoms with Crippen molar-refractivity contribution >= 4 is 0 Å². The molecule has 1 nitrogen and oxygen atoms in total. The minimum absolute atomic E-state index is 0.0186. The van der Waals surface area contributed by atoms with Gasteiger partial charge in [-0.3, -0.25) is 0 Å². The summed E-state index contributed by atoms with van der Waals surface area (Å²) >= 11 is 0. The summed E-state index contributed by atoms with van der Waals surface area (Å²) in [5, 5.41) is 9.60. The van der Waals surface area contributed by atoms with Crippen LogP contribution in [0.25, 0.3) is 0 Å². The van der Waals surface area contributed by atoms with Gasteiger partial charge in [0.05, 0.1) is 6.10 Å². The van der Waals surface area contributed by atoms with Gasteiger partial charge in [-0.05, 0) is 48.9 Å². The van der Waals surface area contributed by atoms with Gasteiger partial charge in [-0.2, -0.15) is 0 Å². The minimum Gasteiger partial charge on any atom is -0.393 e. The molecule has 4 atom stereocenters. The molecule has 0 aromatic rings. The number of aliphatic hydroxyl groups excluding tert-OH is 1. The van der Waals surface area contributed by atoms with Gasteiger partial charge in [-0.25, -0.2) is 0 Å². The van der Waals surface area contributed by atoms with Gasteiger partial charge in [0.1, 0.15) is 0 Å². The number of rotatable bonds is 3. The molecule has 1 saturated carbocycles. The summed E-state index contributed by atoms with van der Waals surface area (Å²) in [4.78, 5) is 0. The van der Waals surface area contributed by atoms with E-state index in [1.807, 2.05) is 0 Å². The van der Waals surface area contributed by atoms with E-state index in [2.05, 4.69) is 34.6 Å². The van der Waals surface area contributed by atoms with Crippen LogP contribution in [0.4, 0.5) is 0 Å². The summed E-state index contributed by atoms with van der Waals surface area (Å²) in [5.74, 6) is 2.28. The predicted molar refractivity (Wildman–Crippen MR) is 65.7 cm³/mol. The third-order valence-corrected chi connectivity index (χ3v) is 4.47. The molecule has 0 heterocycles. The lowest BCUT2D eigenvalue weighted by atomic mass is 9.77. The van der Waals surface area contributed by atoms with E-state index in [1.165, 1.54) is 12.8 Å². The normalized spacial score (nSPS) is 34.4. The Hall–Kier alpha value is -0.0400. The molecule has 4 unspecified atom stereocenters. The molecule has 1 fully saturated rings. The average Bonchev–Trinajstić information content (AvgIpc) is 2.39. The highest BCUT2D eigenvalue weighted by molar-refractivity contribution is 4.82. The third-order valence-electron chi connectivity index (χ3n) is 4.47. The van der Waals surface area contributed by atoms with Crippen molar-refractivity contribution in [1.29, 1.82) is 0 Å². The van der Waals surface area contributed by atoms with Gasteiger partial charge in [-0.1, -0.05) is 34.6 Å². The Morgan fingerprint density at radius 3 is 2.27 bits per heavy atom. The summed E-state index contributed by atoms with van der Waals surface area (Å²) in [6.45, 7) is 11.6. The van der Waals surface area contributed by atoms with Crippen LogP contribution in [-0.4, -0.2) is 11.2 Å². The average molecular weight is 212 g/mol. The maximum absolute atomic E-state index is 9.60. The highest BCUT2D eigenvalue weighted by atomic mass is 16.3. The van der Waals surface area contributed by atoms with E-state index >= 15 is 0 Å². The maximum atomic E-state index is 9.60. The Morgan fingerprint density at radius 1 is 1.27 bits per heavy atom. The standard InChI is InChI=1S/C14H28O/c1-10-8-13(15)9-12(10)7-6-11(2)14(3,4)5/h10-13,15H,6-9H2,1-5H3. The molecular formula is C14H28O. The van der Waals surface area contributed by atoms with Crippen LogP contribution in [0.15, 0.2) is 0 Å². The van der Waals surface area contributed by atoms with Crippen LogP contribution in [0.1, 0.15) is 60.3 Å². The Bertz CT molecular complexity index is 192. The minimum atomic E-state index is -0.0186. The first kappa shape index (κ1) is 13.0. The molecule has 90 valence electrons. The monoisotopic (exact) mass is 212 g/mol. The van der Waals surface area contributed by atoms with Crippen LogP contribution in [-0.2, 0) is 0 Å². The Balaban J connectivity index is 2.31. The second-order valence-electron chi connectivity index (χ2n) is 6.71. The number of hydrogen-bond acceptors (Lipinski definition) is 1. The molecule has 1 N–H and O–H groups in total. The van der Waals surface area contributed by atoms with Crippen LogP contribution < -0.4 is 0 Å². The summed E-state index contributed by atoms with van der Waals surface area (Å²) in [7, 11) is 0. The molecule has 0 radical (unpaired) electrons. The number of aliphatic hydroxyl groups is 1. The second kappa shape index (κ2) is 4.86. The Kier molecular flexibility index (Phi) is 4.22. The molecule has 0 aromatic carbocycles. The smallest absolute Gasteiger partial charge is 0.0545 e. The molecule has 1 rings (SSSR count). The van der Waals surface area contributed by atoms with E-state index in [-0.39, 0.29) is 6.10 Å². The van der Waals surface area contributed by atoms with Gasteiger partial charge in [0.2, 0.25) is 0 Å². The molecule has 0 bridgehead atoms. The lowest BCUT2D eigenvalue weighted by Gasteiger charge is -2.28. The van der Waals surface area contributed by atoms with Crippen LogP contribution in [0, 0.1) is 23.2 Å². The van der Waals surface area contributed by atoms with Gasteiger partial charge in [0, 0.05) is 0 Å². The summed E-state index contributed by atoms with van der Waals surface area (Å²) < 4.78 is 0. The highest BCUT2D eigenvalue weighted by Gasteiger charge is 2.30. The molecule has 1 heteroatoms. The van der Waals surface area contributed by atoms with Gasteiger partial charge in [0.25, 0.3) is 0 Å². The predicted octanol–water partition coefficient (Wildman–Crippen LogP) is 3.86. The van der Waals surface area contributed by atoms with Crippen molar-refractivity contribution < 1.29 is 5.11 Å². The summed E-state index contributed by atoms with van der Waals surface area (Å²) in [5.41, 5.74) is 0.431. The zero-order chi connectivity index (χ0) is 11.6. The van der Waals surface area contributed by atoms with E-state index in [1.54, 1.807) is 0 Å². The first-order valence-electron chi connectivity index (χ1n) is 6.48. The summed E-state index contributed by atoms with van der Waals surface area (Å²) in [6, 6.07) is 0. The molecule has 0 saturated heterocycles. The molecule has 1 aliphatic carbocycles. The van der Waals surface area contributed by atoms with E-state index in [0.717, 1.165) is 30.6 Å². The van der Waals surface area contributed by atoms with E-state index < -0.39 is 0 Å². The topological polar surface area (TPSA) is 20.2 Å². The van der Waals surface area contributed by atoms with Crippen molar-refractivity contribution in [2.24, 2.45) is 23.2 Å². The molecule has 0 aromatic heterocycles. The van der Waals surface area contributed by atoms with Gasteiger partial charge >= 0.3 is 0 Å². The van der Waals surface area contributed by atoms with Crippen LogP contribution in [0.5, 0.6) is 0 Å². The highest BCUT2D eigenvalue weighted by Crippen LogP contribution is 2.38. The molecule has 15 heavy (non-hydrogen) atoms. The molecule has 0 spiro atoms. The van der Waals surface area contributed by atoms with Crippen LogP contribution in [0.3, 0.4) is 0 Å².